The van der Waals surface area contributed by atoms with E-state index in [9.17, 15) is 9.90 Å². The minimum Gasteiger partial charge on any atom is -0.478 e. The smallest absolute Gasteiger partial charge is 0.339 e. The van der Waals surface area contributed by atoms with Gasteiger partial charge in [0.15, 0.2) is 5.65 Å². The molecule has 2 aromatic rings. The first-order chi connectivity index (χ1) is 12.5. The molecule has 2 fully saturated rings. The summed E-state index contributed by atoms with van der Waals surface area (Å²) in [6.45, 7) is 3.98. The standard InChI is InChI=1S/C18H24N4O4/c1-11-14-15(13(17(23)24)10-19-16(14)22(2)21-11)20-12-3-6-26-18(9-12)4-7-25-8-5-18/h10,12H,3-9H2,1-2H3,(H,19,20)(H,23,24). The molecule has 1 spiro atoms. The molecule has 1 atom stereocenters. The van der Waals surface area contributed by atoms with Crippen LogP contribution in [0, 0.1) is 6.92 Å². The number of aromatic nitrogens is 3. The van der Waals surface area contributed by atoms with Crippen LogP contribution < -0.4 is 5.32 Å². The molecule has 2 N–H and O–H groups in total. The molecular formula is C18H24N4O4. The third-order valence-electron chi connectivity index (χ3n) is 5.50. The zero-order valence-electron chi connectivity index (χ0n) is 15.1. The van der Waals surface area contributed by atoms with Crippen LogP contribution in [0.15, 0.2) is 6.20 Å². The second-order valence-corrected chi connectivity index (χ2v) is 7.24. The van der Waals surface area contributed by atoms with Crippen LogP contribution in [0.5, 0.6) is 0 Å². The van der Waals surface area contributed by atoms with E-state index in [1.807, 2.05) is 14.0 Å². The summed E-state index contributed by atoms with van der Waals surface area (Å²) in [6.07, 6.45) is 4.87. The number of carboxylic acids is 1. The first-order valence-corrected chi connectivity index (χ1v) is 9.03. The van der Waals surface area contributed by atoms with Gasteiger partial charge in [-0.2, -0.15) is 5.10 Å². The Morgan fingerprint density at radius 2 is 2.15 bits per heavy atom. The van der Waals surface area contributed by atoms with E-state index in [1.54, 1.807) is 4.68 Å². The van der Waals surface area contributed by atoms with Gasteiger partial charge in [-0.3, -0.25) is 4.68 Å². The average Bonchev–Trinajstić information content (AvgIpc) is 2.90. The van der Waals surface area contributed by atoms with Gasteiger partial charge in [-0.05, 0) is 32.6 Å². The van der Waals surface area contributed by atoms with Crippen molar-refractivity contribution in [2.75, 3.05) is 25.1 Å². The lowest BCUT2D eigenvalue weighted by atomic mass is 9.84. The van der Waals surface area contributed by atoms with E-state index in [1.165, 1.54) is 6.20 Å². The number of aromatic carboxylic acids is 1. The topological polar surface area (TPSA) is 98.5 Å². The summed E-state index contributed by atoms with van der Waals surface area (Å²) in [6, 6.07) is 0.144. The Morgan fingerprint density at radius 3 is 2.88 bits per heavy atom. The third kappa shape index (κ3) is 2.93. The highest BCUT2D eigenvalue weighted by atomic mass is 16.5. The Balaban J connectivity index is 1.69. The summed E-state index contributed by atoms with van der Waals surface area (Å²) in [4.78, 5) is 16.1. The largest absolute Gasteiger partial charge is 0.478 e. The van der Waals surface area contributed by atoms with Gasteiger partial charge < -0.3 is 19.9 Å². The van der Waals surface area contributed by atoms with Crippen LogP contribution in [0.1, 0.15) is 41.7 Å². The predicted molar refractivity (Wildman–Crippen MR) is 95.6 cm³/mol. The molecule has 2 aliphatic heterocycles. The van der Waals surface area contributed by atoms with Crippen LogP contribution in [0.2, 0.25) is 0 Å². The lowest BCUT2D eigenvalue weighted by molar-refractivity contribution is -0.135. The third-order valence-corrected chi connectivity index (χ3v) is 5.50. The Morgan fingerprint density at radius 1 is 1.38 bits per heavy atom. The van der Waals surface area contributed by atoms with Gasteiger partial charge in [-0.25, -0.2) is 9.78 Å². The Kier molecular flexibility index (Phi) is 4.32. The molecule has 26 heavy (non-hydrogen) atoms. The van der Waals surface area contributed by atoms with Gasteiger partial charge in [0.1, 0.15) is 5.56 Å². The molecule has 0 aromatic carbocycles. The number of aryl methyl sites for hydroxylation is 2. The van der Waals surface area contributed by atoms with Crippen LogP contribution in [-0.2, 0) is 16.5 Å². The van der Waals surface area contributed by atoms with E-state index in [2.05, 4.69) is 15.4 Å². The molecule has 4 heterocycles. The van der Waals surface area contributed by atoms with Crippen molar-refractivity contribution in [1.82, 2.24) is 14.8 Å². The number of hydrogen-bond acceptors (Lipinski definition) is 6. The molecule has 0 bridgehead atoms. The summed E-state index contributed by atoms with van der Waals surface area (Å²) >= 11 is 0. The second kappa shape index (κ2) is 6.51. The summed E-state index contributed by atoms with van der Waals surface area (Å²) in [5.41, 5.74) is 2.09. The highest BCUT2D eigenvalue weighted by Crippen LogP contribution is 2.37. The second-order valence-electron chi connectivity index (χ2n) is 7.24. The Bertz CT molecular complexity index is 836. The van der Waals surface area contributed by atoms with E-state index in [0.717, 1.165) is 36.8 Å². The van der Waals surface area contributed by atoms with E-state index in [-0.39, 0.29) is 17.2 Å². The maximum absolute atomic E-state index is 11.8. The van der Waals surface area contributed by atoms with E-state index < -0.39 is 5.97 Å². The molecule has 0 aliphatic carbocycles. The van der Waals surface area contributed by atoms with Crippen LogP contribution in [-0.4, -0.2) is 57.3 Å². The van der Waals surface area contributed by atoms with E-state index in [4.69, 9.17) is 9.47 Å². The number of hydrogen-bond donors (Lipinski definition) is 2. The average molecular weight is 360 g/mol. The van der Waals surface area contributed by atoms with Crippen molar-refractivity contribution in [1.29, 1.82) is 0 Å². The normalized spacial score (nSPS) is 22.6. The number of carboxylic acid groups (broad SMARTS) is 1. The van der Waals surface area contributed by atoms with Crippen LogP contribution >= 0.6 is 0 Å². The number of nitrogens with one attached hydrogen (secondary N) is 1. The van der Waals surface area contributed by atoms with Gasteiger partial charge in [-0.1, -0.05) is 0 Å². The molecule has 2 saturated heterocycles. The molecule has 2 aromatic heterocycles. The van der Waals surface area contributed by atoms with Gasteiger partial charge in [-0.15, -0.1) is 0 Å². The van der Waals surface area contributed by atoms with Gasteiger partial charge in [0.2, 0.25) is 0 Å². The SMILES string of the molecule is Cc1nn(C)c2ncc(C(=O)O)c(NC3CCOC4(CCOCC4)C3)c12. The van der Waals surface area contributed by atoms with Crippen molar-refractivity contribution in [2.45, 2.75) is 44.2 Å². The first-order valence-electron chi connectivity index (χ1n) is 9.03. The van der Waals surface area contributed by atoms with Crippen molar-refractivity contribution in [3.63, 3.8) is 0 Å². The van der Waals surface area contributed by atoms with Crippen molar-refractivity contribution in [2.24, 2.45) is 7.05 Å². The minimum atomic E-state index is -0.988. The Hall–Kier alpha value is -2.19. The maximum atomic E-state index is 11.8. The predicted octanol–water partition coefficient (Wildman–Crippen LogP) is 2.12. The number of fused-ring (bicyclic) bond motifs is 1. The zero-order chi connectivity index (χ0) is 18.3. The molecule has 8 nitrogen and oxygen atoms in total. The van der Waals surface area contributed by atoms with Crippen molar-refractivity contribution in [3.05, 3.63) is 17.5 Å². The number of nitrogens with zero attached hydrogens (tertiary/aromatic N) is 3. The lowest BCUT2D eigenvalue weighted by Gasteiger charge is -2.43. The molecule has 8 heteroatoms. The fraction of sp³-hybridized carbons (Fsp3) is 0.611. The summed E-state index contributed by atoms with van der Waals surface area (Å²) < 4.78 is 13.3. The monoisotopic (exact) mass is 360 g/mol. The van der Waals surface area contributed by atoms with Crippen LogP contribution in [0.4, 0.5) is 5.69 Å². The van der Waals surface area contributed by atoms with Gasteiger partial charge >= 0.3 is 5.97 Å². The minimum absolute atomic E-state index is 0.144. The number of anilines is 1. The van der Waals surface area contributed by atoms with Gasteiger partial charge in [0, 0.05) is 39.1 Å². The fourth-order valence-corrected chi connectivity index (χ4v) is 4.17. The molecule has 140 valence electrons. The van der Waals surface area contributed by atoms with Crippen molar-refractivity contribution >= 4 is 22.7 Å². The van der Waals surface area contributed by atoms with Gasteiger partial charge in [0.25, 0.3) is 0 Å². The first kappa shape index (κ1) is 17.2. The number of ether oxygens (including phenoxy) is 2. The quantitative estimate of drug-likeness (QED) is 0.865. The molecule has 0 radical (unpaired) electrons. The van der Waals surface area contributed by atoms with E-state index >= 15 is 0 Å². The summed E-state index contributed by atoms with van der Waals surface area (Å²) in [7, 11) is 1.82. The summed E-state index contributed by atoms with van der Waals surface area (Å²) in [5.74, 6) is -0.988. The van der Waals surface area contributed by atoms with Crippen molar-refractivity contribution < 1.29 is 19.4 Å². The van der Waals surface area contributed by atoms with Crippen LogP contribution in [0.25, 0.3) is 11.0 Å². The lowest BCUT2D eigenvalue weighted by Crippen LogP contribution is -2.48. The van der Waals surface area contributed by atoms with Crippen molar-refractivity contribution in [3.8, 4) is 0 Å². The molecule has 0 saturated carbocycles. The van der Waals surface area contributed by atoms with Gasteiger partial charge in [0.05, 0.1) is 22.4 Å². The van der Waals surface area contributed by atoms with E-state index in [0.29, 0.717) is 31.2 Å². The fourth-order valence-electron chi connectivity index (χ4n) is 4.17. The highest BCUT2D eigenvalue weighted by molar-refractivity contribution is 6.04. The molecular weight excluding hydrogens is 336 g/mol. The molecule has 0 amide bonds. The van der Waals surface area contributed by atoms with Crippen LogP contribution in [0.3, 0.4) is 0 Å². The zero-order valence-corrected chi connectivity index (χ0v) is 15.1. The molecule has 4 rings (SSSR count). The summed E-state index contributed by atoms with van der Waals surface area (Å²) in [5, 5.41) is 18.3. The number of rotatable bonds is 3. The molecule has 2 aliphatic rings. The Labute approximate surface area is 151 Å². The maximum Gasteiger partial charge on any atom is 0.339 e. The number of pyridine rings is 1. The molecule has 1 unspecified atom stereocenters. The number of carbonyl (C=O) groups is 1. The highest BCUT2D eigenvalue weighted by Gasteiger charge is 2.39.